The van der Waals surface area contributed by atoms with E-state index in [2.05, 4.69) is 0 Å². The zero-order chi connectivity index (χ0) is 8.72. The van der Waals surface area contributed by atoms with Crippen LogP contribution in [0.25, 0.3) is 10.1 Å². The third-order valence-electron chi connectivity index (χ3n) is 1.57. The van der Waals surface area contributed by atoms with Crippen LogP contribution < -0.4 is 0 Å². The second-order valence-corrected chi connectivity index (χ2v) is 3.70. The minimum Gasteiger partial charge on any atom is -0.506 e. The van der Waals surface area contributed by atoms with E-state index in [0.717, 1.165) is 0 Å². The molecular formula is C8H4ClFOS. The van der Waals surface area contributed by atoms with Gasteiger partial charge in [-0.25, -0.2) is 4.39 Å². The van der Waals surface area contributed by atoms with Gasteiger partial charge in [0.15, 0.2) is 0 Å². The van der Waals surface area contributed by atoms with Crippen molar-refractivity contribution in [2.75, 3.05) is 0 Å². The van der Waals surface area contributed by atoms with E-state index in [-0.39, 0.29) is 11.6 Å². The number of hydrogen-bond donors (Lipinski definition) is 1. The molecule has 2 aromatic rings. The Labute approximate surface area is 77.0 Å². The fourth-order valence-corrected chi connectivity index (χ4v) is 2.08. The van der Waals surface area contributed by atoms with Crippen LogP contribution in [-0.4, -0.2) is 5.11 Å². The molecule has 0 atom stereocenters. The summed E-state index contributed by atoms with van der Waals surface area (Å²) in [6, 6.07) is 2.91. The molecule has 2 rings (SSSR count). The summed E-state index contributed by atoms with van der Waals surface area (Å²) >= 11 is 6.80. The molecule has 0 unspecified atom stereocenters. The van der Waals surface area contributed by atoms with E-state index in [1.165, 1.54) is 28.8 Å². The lowest BCUT2D eigenvalue weighted by atomic mass is 10.2. The van der Waals surface area contributed by atoms with Gasteiger partial charge in [0.05, 0.1) is 4.70 Å². The lowest BCUT2D eigenvalue weighted by Gasteiger charge is -1.95. The molecule has 12 heavy (non-hydrogen) atoms. The van der Waals surface area contributed by atoms with Crippen LogP contribution in [0.1, 0.15) is 0 Å². The van der Waals surface area contributed by atoms with Gasteiger partial charge < -0.3 is 5.11 Å². The number of hydrogen-bond acceptors (Lipinski definition) is 2. The maximum absolute atomic E-state index is 12.9. The topological polar surface area (TPSA) is 20.2 Å². The van der Waals surface area contributed by atoms with E-state index in [4.69, 9.17) is 11.6 Å². The first-order valence-electron chi connectivity index (χ1n) is 3.23. The molecule has 0 spiro atoms. The lowest BCUT2D eigenvalue weighted by Crippen LogP contribution is -1.70. The van der Waals surface area contributed by atoms with Gasteiger partial charge in [-0.2, -0.15) is 0 Å². The van der Waals surface area contributed by atoms with Crippen molar-refractivity contribution in [2.24, 2.45) is 0 Å². The van der Waals surface area contributed by atoms with Crippen molar-refractivity contribution in [3.63, 3.8) is 0 Å². The van der Waals surface area contributed by atoms with Gasteiger partial charge in [-0.1, -0.05) is 11.6 Å². The Kier molecular flexibility index (Phi) is 1.70. The van der Waals surface area contributed by atoms with Crippen LogP contribution in [0, 0.1) is 5.82 Å². The average Bonchev–Trinajstić information content (AvgIpc) is 2.33. The predicted octanol–water partition coefficient (Wildman–Crippen LogP) is 3.40. The summed E-state index contributed by atoms with van der Waals surface area (Å²) in [6.45, 7) is 0. The zero-order valence-electron chi connectivity index (χ0n) is 5.84. The summed E-state index contributed by atoms with van der Waals surface area (Å²) in [5.74, 6) is -0.306. The maximum atomic E-state index is 12.9. The van der Waals surface area contributed by atoms with Crippen LogP contribution in [0.3, 0.4) is 0 Å². The molecule has 0 radical (unpaired) electrons. The Balaban J connectivity index is 2.92. The second kappa shape index (κ2) is 2.61. The maximum Gasteiger partial charge on any atom is 0.141 e. The Hall–Kier alpha value is -0.800. The van der Waals surface area contributed by atoms with Gasteiger partial charge in [-0.05, 0) is 6.07 Å². The molecule has 0 aliphatic heterocycles. The van der Waals surface area contributed by atoms with E-state index < -0.39 is 0 Å². The largest absolute Gasteiger partial charge is 0.506 e. The summed E-state index contributed by atoms with van der Waals surface area (Å²) in [4.78, 5) is 0. The number of fused-ring (bicyclic) bond motifs is 1. The molecule has 4 heteroatoms. The zero-order valence-corrected chi connectivity index (χ0v) is 7.42. The van der Waals surface area contributed by atoms with Crippen LogP contribution in [0.4, 0.5) is 4.39 Å². The second-order valence-electron chi connectivity index (χ2n) is 2.39. The van der Waals surface area contributed by atoms with Gasteiger partial charge in [0.25, 0.3) is 0 Å². The number of benzene rings is 1. The molecule has 1 aromatic carbocycles. The van der Waals surface area contributed by atoms with Crippen LogP contribution in [0.2, 0.25) is 5.02 Å². The van der Waals surface area contributed by atoms with Crippen LogP contribution in [0.15, 0.2) is 17.5 Å². The molecule has 0 aliphatic carbocycles. The first-order chi connectivity index (χ1) is 5.68. The molecule has 1 aromatic heterocycles. The molecule has 1 heterocycles. The van der Waals surface area contributed by atoms with E-state index in [0.29, 0.717) is 15.1 Å². The molecule has 1 N–H and O–H groups in total. The van der Waals surface area contributed by atoms with Crippen molar-refractivity contribution in [3.05, 3.63) is 28.4 Å². The molecule has 62 valence electrons. The third kappa shape index (κ3) is 1.06. The highest BCUT2D eigenvalue weighted by Gasteiger charge is 2.08. The number of aromatic hydroxyl groups is 1. The molecular weight excluding hydrogens is 199 g/mol. The van der Waals surface area contributed by atoms with Gasteiger partial charge in [-0.3, -0.25) is 0 Å². The van der Waals surface area contributed by atoms with Crippen molar-refractivity contribution in [2.45, 2.75) is 0 Å². The van der Waals surface area contributed by atoms with Crippen molar-refractivity contribution in [1.82, 2.24) is 0 Å². The van der Waals surface area contributed by atoms with Crippen molar-refractivity contribution >= 4 is 33.0 Å². The number of phenols is 1. The van der Waals surface area contributed by atoms with Crippen LogP contribution in [0.5, 0.6) is 5.75 Å². The third-order valence-corrected chi connectivity index (χ3v) is 2.78. The minimum atomic E-state index is -0.340. The van der Waals surface area contributed by atoms with Crippen molar-refractivity contribution in [1.29, 1.82) is 0 Å². The molecule has 0 bridgehead atoms. The molecule has 1 nitrogen and oxygen atoms in total. The molecule has 0 fully saturated rings. The predicted molar refractivity (Wildman–Crippen MR) is 48.5 cm³/mol. The Bertz CT molecular complexity index is 438. The molecule has 0 saturated carbocycles. The lowest BCUT2D eigenvalue weighted by molar-refractivity contribution is 0.482. The smallest absolute Gasteiger partial charge is 0.141 e. The fourth-order valence-electron chi connectivity index (χ4n) is 1.05. The Morgan fingerprint density at radius 1 is 1.42 bits per heavy atom. The van der Waals surface area contributed by atoms with Crippen molar-refractivity contribution < 1.29 is 9.50 Å². The fraction of sp³-hybridized carbons (Fsp3) is 0. The normalized spacial score (nSPS) is 10.8. The van der Waals surface area contributed by atoms with Crippen LogP contribution >= 0.6 is 22.9 Å². The van der Waals surface area contributed by atoms with Gasteiger partial charge in [0.1, 0.15) is 11.6 Å². The number of thiophene rings is 1. The highest BCUT2D eigenvalue weighted by molar-refractivity contribution is 7.17. The summed E-state index contributed by atoms with van der Waals surface area (Å²) < 4.78 is 13.5. The SMILES string of the molecule is Oc1cc(Cl)cc2c(F)csc12. The number of phenolic OH excluding ortho intramolecular Hbond substituents is 1. The quantitative estimate of drug-likeness (QED) is 0.694. The standard InChI is InChI=1S/C8H4ClFOS/c9-4-1-5-6(10)3-12-8(5)7(11)2-4/h1-3,11H. The minimum absolute atomic E-state index is 0.0337. The highest BCUT2D eigenvalue weighted by atomic mass is 35.5. The summed E-state index contributed by atoms with van der Waals surface area (Å²) in [7, 11) is 0. The van der Waals surface area contributed by atoms with E-state index in [1.54, 1.807) is 0 Å². The average molecular weight is 203 g/mol. The highest BCUT2D eigenvalue weighted by Crippen LogP contribution is 2.34. The van der Waals surface area contributed by atoms with Crippen LogP contribution in [-0.2, 0) is 0 Å². The monoisotopic (exact) mass is 202 g/mol. The van der Waals surface area contributed by atoms with Crippen molar-refractivity contribution in [3.8, 4) is 5.75 Å². The van der Waals surface area contributed by atoms with E-state index >= 15 is 0 Å². The summed E-state index contributed by atoms with van der Waals surface area (Å²) in [6.07, 6.45) is 0. The number of halogens is 2. The van der Waals surface area contributed by atoms with Gasteiger partial charge in [-0.15, -0.1) is 11.3 Å². The Morgan fingerprint density at radius 3 is 2.92 bits per heavy atom. The molecule has 0 aliphatic rings. The first-order valence-corrected chi connectivity index (χ1v) is 4.49. The number of rotatable bonds is 0. The van der Waals surface area contributed by atoms with Gasteiger partial charge in [0, 0.05) is 21.9 Å². The molecule has 0 amide bonds. The summed E-state index contributed by atoms with van der Waals surface area (Å²) in [5.41, 5.74) is 0. The van der Waals surface area contributed by atoms with E-state index in [1.807, 2.05) is 0 Å². The summed E-state index contributed by atoms with van der Waals surface area (Å²) in [5, 5.41) is 11.4. The first kappa shape index (κ1) is 7.83. The van der Waals surface area contributed by atoms with Gasteiger partial charge >= 0.3 is 0 Å². The Morgan fingerprint density at radius 2 is 2.17 bits per heavy atom. The van der Waals surface area contributed by atoms with E-state index in [9.17, 15) is 9.50 Å². The van der Waals surface area contributed by atoms with Gasteiger partial charge in [0.2, 0.25) is 0 Å². The molecule has 0 saturated heterocycles.